The van der Waals surface area contributed by atoms with Crippen molar-refractivity contribution in [3.63, 3.8) is 0 Å². The maximum absolute atomic E-state index is 14.3. The highest BCUT2D eigenvalue weighted by Gasteiger charge is 2.33. The van der Waals surface area contributed by atoms with E-state index in [1.165, 1.54) is 6.42 Å². The minimum Gasteiger partial charge on any atom is -0.319 e. The molecule has 1 aliphatic rings. The van der Waals surface area contributed by atoms with Gasteiger partial charge in [0.2, 0.25) is 0 Å². The molecular formula is C15H22ClFN2. The topological polar surface area (TPSA) is 15.3 Å². The lowest BCUT2D eigenvalue weighted by Crippen LogP contribution is -2.42. The molecule has 2 nitrogen and oxygen atoms in total. The number of nitrogens with one attached hydrogen (secondary N) is 1. The van der Waals surface area contributed by atoms with E-state index in [2.05, 4.69) is 17.1 Å². The van der Waals surface area contributed by atoms with Crippen molar-refractivity contribution >= 4 is 11.6 Å². The minimum absolute atomic E-state index is 0.130. The molecule has 1 aliphatic heterocycles. The van der Waals surface area contributed by atoms with E-state index in [0.29, 0.717) is 5.92 Å². The first kappa shape index (κ1) is 14.8. The van der Waals surface area contributed by atoms with Crippen LogP contribution in [0.2, 0.25) is 5.02 Å². The van der Waals surface area contributed by atoms with Crippen LogP contribution in [0.15, 0.2) is 18.2 Å². The van der Waals surface area contributed by atoms with E-state index < -0.39 is 0 Å². The zero-order chi connectivity index (χ0) is 13.8. The lowest BCUT2D eigenvalue weighted by Gasteiger charge is -2.41. The summed E-state index contributed by atoms with van der Waals surface area (Å²) in [5.74, 6) is 0.183. The summed E-state index contributed by atoms with van der Waals surface area (Å²) in [5, 5.41) is 3.46. The van der Waals surface area contributed by atoms with Crippen molar-refractivity contribution in [3.8, 4) is 0 Å². The predicted octanol–water partition coefficient (Wildman–Crippen LogP) is 3.47. The Morgan fingerprint density at radius 1 is 1.47 bits per heavy atom. The van der Waals surface area contributed by atoms with Crippen molar-refractivity contribution < 1.29 is 4.39 Å². The second kappa shape index (κ2) is 6.69. The van der Waals surface area contributed by atoms with Gasteiger partial charge in [-0.15, -0.1) is 0 Å². The number of likely N-dealkylation sites (tertiary alicyclic amines) is 1. The van der Waals surface area contributed by atoms with Crippen molar-refractivity contribution in [2.45, 2.75) is 25.8 Å². The molecule has 1 N–H and O–H groups in total. The Labute approximate surface area is 119 Å². The van der Waals surface area contributed by atoms with E-state index in [-0.39, 0.29) is 16.9 Å². The third kappa shape index (κ3) is 3.10. The zero-order valence-corrected chi connectivity index (χ0v) is 12.4. The van der Waals surface area contributed by atoms with Crippen LogP contribution in [0.1, 0.15) is 31.4 Å². The van der Waals surface area contributed by atoms with E-state index in [4.69, 9.17) is 11.6 Å². The average molecular weight is 285 g/mol. The standard InChI is InChI=1S/C15H22ClFN2/c1-3-19-9-5-6-11(10-18-2)15(19)12-7-4-8-13(16)14(12)17/h4,7-8,11,15,18H,3,5-6,9-10H2,1-2H3. The van der Waals surface area contributed by atoms with Gasteiger partial charge in [0.25, 0.3) is 0 Å². The Bertz CT molecular complexity index is 423. The smallest absolute Gasteiger partial charge is 0.146 e. The molecule has 1 aromatic carbocycles. The molecule has 1 aromatic rings. The molecule has 4 heteroatoms. The number of halogens is 2. The maximum Gasteiger partial charge on any atom is 0.146 e. The summed E-state index contributed by atoms with van der Waals surface area (Å²) >= 11 is 5.94. The van der Waals surface area contributed by atoms with Crippen molar-refractivity contribution in [1.29, 1.82) is 0 Å². The van der Waals surface area contributed by atoms with Gasteiger partial charge in [0.05, 0.1) is 5.02 Å². The Kier molecular flexibility index (Phi) is 5.20. The van der Waals surface area contributed by atoms with Gasteiger partial charge in [-0.1, -0.05) is 30.7 Å². The molecule has 1 heterocycles. The third-order valence-corrected chi connectivity index (χ3v) is 4.32. The number of hydrogen-bond acceptors (Lipinski definition) is 2. The zero-order valence-electron chi connectivity index (χ0n) is 11.6. The maximum atomic E-state index is 14.3. The van der Waals surface area contributed by atoms with Crippen LogP contribution in [0.25, 0.3) is 0 Å². The van der Waals surface area contributed by atoms with Gasteiger partial charge in [-0.3, -0.25) is 4.90 Å². The van der Waals surface area contributed by atoms with Crippen LogP contribution in [0, 0.1) is 11.7 Å². The molecule has 2 rings (SSSR count). The first-order chi connectivity index (χ1) is 9.19. The number of piperidine rings is 1. The summed E-state index contributed by atoms with van der Waals surface area (Å²) < 4.78 is 14.3. The van der Waals surface area contributed by atoms with Crippen LogP contribution in [0.3, 0.4) is 0 Å². The van der Waals surface area contributed by atoms with E-state index in [1.54, 1.807) is 6.07 Å². The van der Waals surface area contributed by atoms with Crippen molar-refractivity contribution in [2.75, 3.05) is 26.7 Å². The number of benzene rings is 1. The highest BCUT2D eigenvalue weighted by molar-refractivity contribution is 6.30. The molecule has 106 valence electrons. The van der Waals surface area contributed by atoms with E-state index in [9.17, 15) is 4.39 Å². The van der Waals surface area contributed by atoms with Gasteiger partial charge in [0, 0.05) is 11.6 Å². The van der Waals surface area contributed by atoms with Crippen LogP contribution in [-0.2, 0) is 0 Å². The van der Waals surface area contributed by atoms with Gasteiger partial charge in [-0.2, -0.15) is 0 Å². The van der Waals surface area contributed by atoms with Crippen molar-refractivity contribution in [1.82, 2.24) is 10.2 Å². The molecule has 2 unspecified atom stereocenters. The van der Waals surface area contributed by atoms with E-state index in [0.717, 1.165) is 31.6 Å². The number of nitrogens with zero attached hydrogens (tertiary/aromatic N) is 1. The molecule has 0 aliphatic carbocycles. The first-order valence-corrected chi connectivity index (χ1v) is 7.39. The second-order valence-corrected chi connectivity index (χ2v) is 5.58. The molecule has 0 bridgehead atoms. The fourth-order valence-electron chi connectivity index (χ4n) is 3.18. The number of hydrogen-bond donors (Lipinski definition) is 1. The van der Waals surface area contributed by atoms with E-state index >= 15 is 0 Å². The Balaban J connectivity index is 2.36. The molecular weight excluding hydrogens is 263 g/mol. The molecule has 19 heavy (non-hydrogen) atoms. The molecule has 0 spiro atoms. The summed E-state index contributed by atoms with van der Waals surface area (Å²) in [7, 11) is 1.95. The summed E-state index contributed by atoms with van der Waals surface area (Å²) in [6, 6.07) is 5.47. The molecule has 0 aromatic heterocycles. The fraction of sp³-hybridized carbons (Fsp3) is 0.600. The molecule has 1 fully saturated rings. The van der Waals surface area contributed by atoms with Gasteiger partial charge in [0.15, 0.2) is 0 Å². The van der Waals surface area contributed by atoms with Crippen LogP contribution >= 0.6 is 11.6 Å². The third-order valence-electron chi connectivity index (χ3n) is 4.03. The predicted molar refractivity (Wildman–Crippen MR) is 78.0 cm³/mol. The highest BCUT2D eigenvalue weighted by Crippen LogP contribution is 2.38. The second-order valence-electron chi connectivity index (χ2n) is 5.18. The summed E-state index contributed by atoms with van der Waals surface area (Å²) in [6.07, 6.45) is 2.31. The molecule has 0 saturated carbocycles. The fourth-order valence-corrected chi connectivity index (χ4v) is 3.36. The van der Waals surface area contributed by atoms with Crippen LogP contribution in [0.4, 0.5) is 4.39 Å². The summed E-state index contributed by atoms with van der Waals surface area (Å²) in [5.41, 5.74) is 0.745. The summed E-state index contributed by atoms with van der Waals surface area (Å²) in [6.45, 7) is 5.02. The first-order valence-electron chi connectivity index (χ1n) is 7.01. The average Bonchev–Trinajstić information content (AvgIpc) is 2.42. The lowest BCUT2D eigenvalue weighted by atomic mass is 9.84. The number of rotatable bonds is 4. The van der Waals surface area contributed by atoms with Crippen LogP contribution in [0.5, 0.6) is 0 Å². The van der Waals surface area contributed by atoms with Gasteiger partial charge < -0.3 is 5.32 Å². The van der Waals surface area contributed by atoms with Crippen LogP contribution < -0.4 is 5.32 Å². The SMILES string of the molecule is CCN1CCCC(CNC)C1c1cccc(Cl)c1F. The summed E-state index contributed by atoms with van der Waals surface area (Å²) in [4.78, 5) is 2.36. The van der Waals surface area contributed by atoms with Crippen molar-refractivity contribution in [3.05, 3.63) is 34.6 Å². The largest absolute Gasteiger partial charge is 0.319 e. The Morgan fingerprint density at radius 3 is 2.95 bits per heavy atom. The Morgan fingerprint density at radius 2 is 2.26 bits per heavy atom. The monoisotopic (exact) mass is 284 g/mol. The van der Waals surface area contributed by atoms with Gasteiger partial charge >= 0.3 is 0 Å². The van der Waals surface area contributed by atoms with Crippen LogP contribution in [-0.4, -0.2) is 31.6 Å². The Hall–Kier alpha value is -0.640. The van der Waals surface area contributed by atoms with E-state index in [1.807, 2.05) is 19.2 Å². The van der Waals surface area contributed by atoms with Gasteiger partial charge in [-0.25, -0.2) is 4.39 Å². The molecule has 0 radical (unpaired) electrons. The molecule has 0 amide bonds. The molecule has 2 atom stereocenters. The van der Waals surface area contributed by atoms with Gasteiger partial charge in [-0.05, 0) is 51.5 Å². The lowest BCUT2D eigenvalue weighted by molar-refractivity contribution is 0.0955. The minimum atomic E-state index is -0.254. The normalized spacial score (nSPS) is 24.6. The molecule has 1 saturated heterocycles. The van der Waals surface area contributed by atoms with Gasteiger partial charge in [0.1, 0.15) is 5.82 Å². The van der Waals surface area contributed by atoms with Crippen molar-refractivity contribution in [2.24, 2.45) is 5.92 Å². The highest BCUT2D eigenvalue weighted by atomic mass is 35.5. The quantitative estimate of drug-likeness (QED) is 0.911.